The SMILES string of the molecule is CCC(C(=O)O)n1c2c(c3cc(F)ccc31)C[C@@H](NC(=O)COc1ccc(C)cc1)CC2. The molecule has 1 aromatic heterocycles. The first-order valence-electron chi connectivity index (χ1n) is 10.9. The van der Waals surface area contributed by atoms with E-state index in [9.17, 15) is 19.1 Å². The summed E-state index contributed by atoms with van der Waals surface area (Å²) in [5.41, 5.74) is 3.67. The van der Waals surface area contributed by atoms with Crippen molar-refractivity contribution >= 4 is 22.8 Å². The number of halogens is 1. The minimum Gasteiger partial charge on any atom is -0.484 e. The quantitative estimate of drug-likeness (QED) is 0.580. The third kappa shape index (κ3) is 4.33. The number of aromatic nitrogens is 1. The normalized spacial score (nSPS) is 16.4. The molecule has 0 radical (unpaired) electrons. The second kappa shape index (κ2) is 9.02. The van der Waals surface area contributed by atoms with Gasteiger partial charge in [0.05, 0.1) is 0 Å². The third-order valence-corrected chi connectivity index (χ3v) is 6.10. The van der Waals surface area contributed by atoms with E-state index in [-0.39, 0.29) is 24.4 Å². The number of carbonyl (C=O) groups excluding carboxylic acids is 1. The second-order valence-electron chi connectivity index (χ2n) is 8.33. The molecule has 1 unspecified atom stereocenters. The lowest BCUT2D eigenvalue weighted by molar-refractivity contribution is -0.141. The molecule has 0 aliphatic heterocycles. The van der Waals surface area contributed by atoms with E-state index in [0.29, 0.717) is 31.4 Å². The van der Waals surface area contributed by atoms with Crippen molar-refractivity contribution in [1.82, 2.24) is 9.88 Å². The van der Waals surface area contributed by atoms with Crippen LogP contribution < -0.4 is 10.1 Å². The number of hydrogen-bond donors (Lipinski definition) is 2. The molecule has 7 heteroatoms. The van der Waals surface area contributed by atoms with Gasteiger partial charge in [0.15, 0.2) is 6.61 Å². The highest BCUT2D eigenvalue weighted by Gasteiger charge is 2.31. The lowest BCUT2D eigenvalue weighted by Gasteiger charge is -2.26. The zero-order valence-corrected chi connectivity index (χ0v) is 18.2. The molecule has 2 N–H and O–H groups in total. The Labute approximate surface area is 186 Å². The zero-order valence-electron chi connectivity index (χ0n) is 18.2. The number of benzene rings is 2. The summed E-state index contributed by atoms with van der Waals surface area (Å²) in [4.78, 5) is 24.3. The van der Waals surface area contributed by atoms with Crippen LogP contribution in [0.3, 0.4) is 0 Å². The van der Waals surface area contributed by atoms with Crippen LogP contribution in [0.25, 0.3) is 10.9 Å². The predicted molar refractivity (Wildman–Crippen MR) is 119 cm³/mol. The van der Waals surface area contributed by atoms with E-state index < -0.39 is 12.0 Å². The molecule has 1 heterocycles. The van der Waals surface area contributed by atoms with Crippen LogP contribution in [-0.4, -0.2) is 34.2 Å². The van der Waals surface area contributed by atoms with Gasteiger partial charge in [-0.3, -0.25) is 4.79 Å². The Morgan fingerprint density at radius 1 is 1.25 bits per heavy atom. The molecule has 4 rings (SSSR count). The molecule has 0 saturated carbocycles. The van der Waals surface area contributed by atoms with Gasteiger partial charge in [-0.2, -0.15) is 0 Å². The van der Waals surface area contributed by atoms with Gasteiger partial charge in [0.25, 0.3) is 5.91 Å². The minimum atomic E-state index is -0.903. The molecule has 1 amide bonds. The molecule has 32 heavy (non-hydrogen) atoms. The number of fused-ring (bicyclic) bond motifs is 3. The molecule has 1 aliphatic carbocycles. The number of carbonyl (C=O) groups is 2. The predicted octanol–water partition coefficient (Wildman–Crippen LogP) is 4.18. The fraction of sp³-hybridized carbons (Fsp3) is 0.360. The van der Waals surface area contributed by atoms with E-state index in [1.807, 2.05) is 42.7 Å². The van der Waals surface area contributed by atoms with Crippen LogP contribution in [0.1, 0.15) is 42.6 Å². The van der Waals surface area contributed by atoms with Gasteiger partial charge in [0, 0.05) is 22.6 Å². The van der Waals surface area contributed by atoms with Gasteiger partial charge in [-0.25, -0.2) is 9.18 Å². The lowest BCUT2D eigenvalue weighted by Crippen LogP contribution is -2.41. The maximum Gasteiger partial charge on any atom is 0.326 e. The number of rotatable bonds is 7. The molecule has 0 fully saturated rings. The first kappa shape index (κ1) is 21.9. The number of hydrogen-bond acceptors (Lipinski definition) is 3. The maximum absolute atomic E-state index is 14.0. The molecule has 2 aromatic carbocycles. The van der Waals surface area contributed by atoms with Crippen molar-refractivity contribution in [3.63, 3.8) is 0 Å². The second-order valence-corrected chi connectivity index (χ2v) is 8.33. The van der Waals surface area contributed by atoms with Crippen molar-refractivity contribution in [3.05, 3.63) is 65.1 Å². The van der Waals surface area contributed by atoms with Gasteiger partial charge in [-0.15, -0.1) is 0 Å². The van der Waals surface area contributed by atoms with Gasteiger partial charge in [-0.05, 0) is 68.5 Å². The molecule has 0 spiro atoms. The number of aryl methyl sites for hydroxylation is 1. The summed E-state index contributed by atoms with van der Waals surface area (Å²) in [5, 5.41) is 13.5. The molecule has 3 aromatic rings. The number of carboxylic acid groups (broad SMARTS) is 1. The molecule has 2 atom stereocenters. The highest BCUT2D eigenvalue weighted by molar-refractivity contribution is 5.88. The summed E-state index contributed by atoms with van der Waals surface area (Å²) in [6.07, 6.45) is 2.24. The van der Waals surface area contributed by atoms with Gasteiger partial charge in [0.1, 0.15) is 17.6 Å². The van der Waals surface area contributed by atoms with E-state index in [4.69, 9.17) is 4.74 Å². The Morgan fingerprint density at radius 3 is 2.69 bits per heavy atom. The Morgan fingerprint density at radius 2 is 2.00 bits per heavy atom. The summed E-state index contributed by atoms with van der Waals surface area (Å²) >= 11 is 0. The average molecular weight is 438 g/mol. The molecule has 1 aliphatic rings. The minimum absolute atomic E-state index is 0.0836. The lowest BCUT2D eigenvalue weighted by atomic mass is 9.91. The summed E-state index contributed by atoms with van der Waals surface area (Å²) in [6.45, 7) is 3.73. The van der Waals surface area contributed by atoms with Crippen LogP contribution >= 0.6 is 0 Å². The standard InChI is InChI=1S/C25H27FN2O4/c1-3-21(25(30)31)28-22-10-6-16(26)12-19(22)20-13-17(7-11-23(20)28)27-24(29)14-32-18-8-4-15(2)5-9-18/h4-6,8-10,12,17,21H,3,7,11,13-14H2,1-2H3,(H,27,29)(H,30,31)/t17-,21?/m0/s1. The van der Waals surface area contributed by atoms with Crippen molar-refractivity contribution in [1.29, 1.82) is 0 Å². The van der Waals surface area contributed by atoms with E-state index in [0.717, 1.165) is 27.7 Å². The monoisotopic (exact) mass is 438 g/mol. The van der Waals surface area contributed by atoms with Crippen LogP contribution in [0, 0.1) is 12.7 Å². The average Bonchev–Trinajstić information content (AvgIpc) is 3.07. The summed E-state index contributed by atoms with van der Waals surface area (Å²) in [7, 11) is 0. The van der Waals surface area contributed by atoms with Crippen molar-refractivity contribution < 1.29 is 23.8 Å². The highest BCUT2D eigenvalue weighted by Crippen LogP contribution is 2.36. The van der Waals surface area contributed by atoms with Gasteiger partial charge in [-0.1, -0.05) is 24.6 Å². The smallest absolute Gasteiger partial charge is 0.326 e. The topological polar surface area (TPSA) is 80.6 Å². The summed E-state index contributed by atoms with van der Waals surface area (Å²) in [5.74, 6) is -0.848. The number of nitrogens with one attached hydrogen (secondary N) is 1. The Bertz CT molecular complexity index is 1150. The number of amides is 1. The van der Waals surface area contributed by atoms with Crippen molar-refractivity contribution in [2.45, 2.75) is 51.6 Å². The number of carboxylic acids is 1. The fourth-order valence-electron chi connectivity index (χ4n) is 4.56. The first-order valence-corrected chi connectivity index (χ1v) is 10.9. The van der Waals surface area contributed by atoms with Crippen molar-refractivity contribution in [3.8, 4) is 5.75 Å². The van der Waals surface area contributed by atoms with Gasteiger partial charge < -0.3 is 19.7 Å². The molecule has 168 valence electrons. The van der Waals surface area contributed by atoms with Gasteiger partial charge in [0.2, 0.25) is 0 Å². The van der Waals surface area contributed by atoms with E-state index in [1.54, 1.807) is 6.07 Å². The molecule has 0 bridgehead atoms. The summed E-state index contributed by atoms with van der Waals surface area (Å²) in [6, 6.07) is 11.1. The van der Waals surface area contributed by atoms with E-state index in [2.05, 4.69) is 5.32 Å². The fourth-order valence-corrected chi connectivity index (χ4v) is 4.56. The van der Waals surface area contributed by atoms with E-state index >= 15 is 0 Å². The third-order valence-electron chi connectivity index (χ3n) is 6.10. The van der Waals surface area contributed by atoms with E-state index in [1.165, 1.54) is 12.1 Å². The molecular formula is C25H27FN2O4. The van der Waals surface area contributed by atoms with Crippen LogP contribution in [0.5, 0.6) is 5.75 Å². The number of nitrogens with zero attached hydrogens (tertiary/aromatic N) is 1. The number of aliphatic carboxylic acids is 1. The molecular weight excluding hydrogens is 411 g/mol. The highest BCUT2D eigenvalue weighted by atomic mass is 19.1. The van der Waals surface area contributed by atoms with Crippen LogP contribution in [0.4, 0.5) is 4.39 Å². The van der Waals surface area contributed by atoms with Crippen molar-refractivity contribution in [2.24, 2.45) is 0 Å². The largest absolute Gasteiger partial charge is 0.484 e. The Hall–Kier alpha value is -3.35. The van der Waals surface area contributed by atoms with Gasteiger partial charge >= 0.3 is 5.97 Å². The van der Waals surface area contributed by atoms with Crippen molar-refractivity contribution in [2.75, 3.05) is 6.61 Å². The number of ether oxygens (including phenoxy) is 1. The molecule has 6 nitrogen and oxygen atoms in total. The van der Waals surface area contributed by atoms with Crippen LogP contribution in [0.2, 0.25) is 0 Å². The first-order chi connectivity index (χ1) is 15.4. The Balaban J connectivity index is 1.53. The van der Waals surface area contributed by atoms with Crippen LogP contribution in [-0.2, 0) is 22.4 Å². The zero-order chi connectivity index (χ0) is 22.8. The molecule has 0 saturated heterocycles. The summed E-state index contributed by atoms with van der Waals surface area (Å²) < 4.78 is 21.4. The Kier molecular flexibility index (Phi) is 6.17. The van der Waals surface area contributed by atoms with Crippen LogP contribution in [0.15, 0.2) is 42.5 Å². The maximum atomic E-state index is 14.0.